The summed E-state index contributed by atoms with van der Waals surface area (Å²) in [4.78, 5) is 0.197. The SMILES string of the molecule is CNC(C)CNS(=O)(=O)c1cnn(C2CCOC2)c1. The summed E-state index contributed by atoms with van der Waals surface area (Å²) in [6, 6.07) is 0.216. The van der Waals surface area contributed by atoms with Crippen LogP contribution in [-0.2, 0) is 14.8 Å². The molecule has 0 aromatic carbocycles. The van der Waals surface area contributed by atoms with Gasteiger partial charge in [0.15, 0.2) is 0 Å². The van der Waals surface area contributed by atoms with Crippen molar-refractivity contribution in [3.05, 3.63) is 12.4 Å². The fourth-order valence-corrected chi connectivity index (χ4v) is 2.88. The summed E-state index contributed by atoms with van der Waals surface area (Å²) in [5, 5.41) is 7.09. The van der Waals surface area contributed by atoms with E-state index in [1.54, 1.807) is 17.9 Å². The van der Waals surface area contributed by atoms with Gasteiger partial charge in [-0.05, 0) is 20.4 Å². The van der Waals surface area contributed by atoms with E-state index in [2.05, 4.69) is 15.1 Å². The van der Waals surface area contributed by atoms with Gasteiger partial charge in [-0.1, -0.05) is 0 Å². The van der Waals surface area contributed by atoms with E-state index in [1.807, 2.05) is 6.92 Å². The van der Waals surface area contributed by atoms with Crippen molar-refractivity contribution in [2.24, 2.45) is 0 Å². The molecule has 2 N–H and O–H groups in total. The quantitative estimate of drug-likeness (QED) is 0.753. The van der Waals surface area contributed by atoms with Gasteiger partial charge in [0.05, 0.1) is 18.8 Å². The Morgan fingerprint density at radius 3 is 3.05 bits per heavy atom. The fourth-order valence-electron chi connectivity index (χ4n) is 1.81. The number of aromatic nitrogens is 2. The molecule has 19 heavy (non-hydrogen) atoms. The van der Waals surface area contributed by atoms with Crippen LogP contribution >= 0.6 is 0 Å². The molecule has 2 rings (SSSR count). The minimum absolute atomic E-state index is 0.0769. The Balaban J connectivity index is 2.04. The van der Waals surface area contributed by atoms with Crippen LogP contribution in [0.5, 0.6) is 0 Å². The minimum Gasteiger partial charge on any atom is -0.379 e. The van der Waals surface area contributed by atoms with Crippen molar-refractivity contribution < 1.29 is 13.2 Å². The first-order valence-electron chi connectivity index (χ1n) is 6.32. The summed E-state index contributed by atoms with van der Waals surface area (Å²) < 4.78 is 33.6. The lowest BCUT2D eigenvalue weighted by molar-refractivity contribution is 0.184. The summed E-state index contributed by atoms with van der Waals surface area (Å²) in [6.45, 7) is 3.54. The van der Waals surface area contributed by atoms with Crippen LogP contribution in [0.3, 0.4) is 0 Å². The molecule has 2 unspecified atom stereocenters. The second kappa shape index (κ2) is 6.00. The Bertz CT molecular complexity index is 508. The molecule has 2 atom stereocenters. The van der Waals surface area contributed by atoms with Gasteiger partial charge < -0.3 is 10.1 Å². The van der Waals surface area contributed by atoms with Crippen molar-refractivity contribution in [2.45, 2.75) is 30.3 Å². The molecule has 7 nitrogen and oxygen atoms in total. The maximum absolute atomic E-state index is 12.1. The third kappa shape index (κ3) is 3.53. The summed E-state index contributed by atoms with van der Waals surface area (Å²) >= 11 is 0. The lowest BCUT2D eigenvalue weighted by Gasteiger charge is -2.11. The van der Waals surface area contributed by atoms with Crippen LogP contribution in [0, 0.1) is 0 Å². The van der Waals surface area contributed by atoms with Gasteiger partial charge in [-0.25, -0.2) is 13.1 Å². The molecule has 0 radical (unpaired) electrons. The predicted molar refractivity (Wildman–Crippen MR) is 70.4 cm³/mol. The van der Waals surface area contributed by atoms with Crippen molar-refractivity contribution in [3.8, 4) is 0 Å². The third-order valence-electron chi connectivity index (χ3n) is 3.24. The van der Waals surface area contributed by atoms with Gasteiger partial charge in [-0.2, -0.15) is 5.10 Å². The first-order chi connectivity index (χ1) is 9.03. The number of rotatable bonds is 6. The second-order valence-electron chi connectivity index (χ2n) is 4.72. The van der Waals surface area contributed by atoms with Crippen LogP contribution in [0.4, 0.5) is 0 Å². The first-order valence-corrected chi connectivity index (χ1v) is 7.80. The molecule has 1 aliphatic rings. The number of likely N-dealkylation sites (N-methyl/N-ethyl adjacent to an activating group) is 1. The minimum atomic E-state index is -3.49. The smallest absolute Gasteiger partial charge is 0.243 e. The van der Waals surface area contributed by atoms with Crippen molar-refractivity contribution in [1.82, 2.24) is 19.8 Å². The maximum atomic E-state index is 12.1. The van der Waals surface area contributed by atoms with E-state index in [4.69, 9.17) is 4.74 Å². The van der Waals surface area contributed by atoms with Crippen molar-refractivity contribution in [2.75, 3.05) is 26.8 Å². The molecule has 1 saturated heterocycles. The number of hydrogen-bond donors (Lipinski definition) is 2. The van der Waals surface area contributed by atoms with Crippen LogP contribution in [0.1, 0.15) is 19.4 Å². The van der Waals surface area contributed by atoms with Crippen LogP contribution in [0.15, 0.2) is 17.3 Å². The Morgan fingerprint density at radius 1 is 1.63 bits per heavy atom. The molecule has 0 spiro atoms. The Labute approximate surface area is 113 Å². The Hall–Kier alpha value is -0.960. The molecule has 8 heteroatoms. The first kappa shape index (κ1) is 14.4. The number of nitrogens with one attached hydrogen (secondary N) is 2. The van der Waals surface area contributed by atoms with Crippen molar-refractivity contribution in [3.63, 3.8) is 0 Å². The van der Waals surface area contributed by atoms with E-state index in [0.717, 1.165) is 6.42 Å². The van der Waals surface area contributed by atoms with E-state index in [0.29, 0.717) is 19.8 Å². The van der Waals surface area contributed by atoms with Gasteiger partial charge in [0.25, 0.3) is 0 Å². The topological polar surface area (TPSA) is 85.3 Å². The monoisotopic (exact) mass is 288 g/mol. The predicted octanol–water partition coefficient (Wildman–Crippen LogP) is -0.269. The number of hydrogen-bond acceptors (Lipinski definition) is 5. The lowest BCUT2D eigenvalue weighted by atomic mass is 10.3. The highest BCUT2D eigenvalue weighted by Gasteiger charge is 2.22. The molecule has 0 amide bonds. The summed E-state index contributed by atoms with van der Waals surface area (Å²) in [5.41, 5.74) is 0. The van der Waals surface area contributed by atoms with Gasteiger partial charge in [0.1, 0.15) is 4.90 Å². The van der Waals surface area contributed by atoms with E-state index in [1.165, 1.54) is 6.20 Å². The molecule has 1 aromatic heterocycles. The largest absolute Gasteiger partial charge is 0.379 e. The molecule has 0 aliphatic carbocycles. The van der Waals surface area contributed by atoms with E-state index < -0.39 is 10.0 Å². The van der Waals surface area contributed by atoms with Gasteiger partial charge in [-0.15, -0.1) is 0 Å². The second-order valence-corrected chi connectivity index (χ2v) is 6.48. The lowest BCUT2D eigenvalue weighted by Crippen LogP contribution is -2.37. The third-order valence-corrected chi connectivity index (χ3v) is 4.62. The zero-order chi connectivity index (χ0) is 13.9. The molecule has 0 bridgehead atoms. The van der Waals surface area contributed by atoms with E-state index in [9.17, 15) is 8.42 Å². The van der Waals surface area contributed by atoms with Crippen molar-refractivity contribution in [1.29, 1.82) is 0 Å². The summed E-state index contributed by atoms with van der Waals surface area (Å²) in [7, 11) is -1.70. The molecule has 1 aliphatic heterocycles. The molecule has 0 saturated carbocycles. The van der Waals surface area contributed by atoms with Gasteiger partial charge in [-0.3, -0.25) is 4.68 Å². The van der Waals surface area contributed by atoms with Crippen molar-refractivity contribution >= 4 is 10.0 Å². The van der Waals surface area contributed by atoms with Crippen LogP contribution in [0.25, 0.3) is 0 Å². The fraction of sp³-hybridized carbons (Fsp3) is 0.727. The van der Waals surface area contributed by atoms with Crippen LogP contribution < -0.4 is 10.0 Å². The molecule has 1 fully saturated rings. The molecule has 2 heterocycles. The summed E-state index contributed by atoms with van der Waals surface area (Å²) in [5.74, 6) is 0. The standard InChI is InChI=1S/C11H20N4O3S/c1-9(12-2)5-14-19(16,17)11-6-13-15(7-11)10-3-4-18-8-10/h6-7,9-10,12,14H,3-5,8H2,1-2H3. The normalized spacial score (nSPS) is 21.7. The Morgan fingerprint density at radius 2 is 2.42 bits per heavy atom. The number of sulfonamides is 1. The summed E-state index contributed by atoms with van der Waals surface area (Å²) in [6.07, 6.45) is 3.81. The highest BCUT2D eigenvalue weighted by Crippen LogP contribution is 2.19. The number of nitrogens with zero attached hydrogens (tertiary/aromatic N) is 2. The van der Waals surface area contributed by atoms with Crippen LogP contribution in [-0.4, -0.2) is 51.0 Å². The zero-order valence-corrected chi connectivity index (χ0v) is 12.0. The van der Waals surface area contributed by atoms with Crippen LogP contribution in [0.2, 0.25) is 0 Å². The molecular weight excluding hydrogens is 268 g/mol. The number of ether oxygens (including phenoxy) is 1. The molecular formula is C11H20N4O3S. The van der Waals surface area contributed by atoms with E-state index in [-0.39, 0.29) is 17.0 Å². The average Bonchev–Trinajstić information content (AvgIpc) is 3.05. The highest BCUT2D eigenvalue weighted by molar-refractivity contribution is 7.89. The van der Waals surface area contributed by atoms with Gasteiger partial charge in [0, 0.05) is 25.4 Å². The van der Waals surface area contributed by atoms with E-state index >= 15 is 0 Å². The van der Waals surface area contributed by atoms with Gasteiger partial charge in [0.2, 0.25) is 10.0 Å². The maximum Gasteiger partial charge on any atom is 0.243 e. The molecule has 1 aromatic rings. The molecule has 108 valence electrons. The zero-order valence-electron chi connectivity index (χ0n) is 11.2. The average molecular weight is 288 g/mol. The highest BCUT2D eigenvalue weighted by atomic mass is 32.2. The van der Waals surface area contributed by atoms with Gasteiger partial charge >= 0.3 is 0 Å². The Kier molecular flexibility index (Phi) is 4.56.